The van der Waals surface area contributed by atoms with E-state index in [1.807, 2.05) is 13.8 Å². The largest absolute Gasteiger partial charge is 0.427 e. The van der Waals surface area contributed by atoms with Gasteiger partial charge in [0.15, 0.2) is 0 Å². The van der Waals surface area contributed by atoms with Gasteiger partial charge in [-0.25, -0.2) is 0 Å². The lowest BCUT2D eigenvalue weighted by Gasteiger charge is -2.38. The van der Waals surface area contributed by atoms with Gasteiger partial charge in [-0.1, -0.05) is 68.8 Å². The minimum Gasteiger partial charge on any atom is -0.427 e. The van der Waals surface area contributed by atoms with E-state index in [1.165, 1.54) is 27.8 Å². The van der Waals surface area contributed by atoms with E-state index in [4.69, 9.17) is 9.39 Å². The third-order valence-electron chi connectivity index (χ3n) is 8.67. The number of epoxide rings is 1. The van der Waals surface area contributed by atoms with E-state index >= 15 is 0 Å². The molecule has 1 aliphatic heterocycles. The number of aliphatic hydroxyl groups is 1. The number of hydrogen-bond acceptors (Lipinski definition) is 3. The molecule has 0 amide bonds. The molecule has 1 atom stereocenters. The Morgan fingerprint density at radius 2 is 1.54 bits per heavy atom. The molecule has 1 N–H and O–H groups in total. The Hall–Kier alpha value is -1.88. The molecule has 1 heterocycles. The van der Waals surface area contributed by atoms with E-state index in [9.17, 15) is 5.11 Å². The summed E-state index contributed by atoms with van der Waals surface area (Å²) in [5.41, 5.74) is 6.06. The molecule has 3 nitrogen and oxygen atoms in total. The number of hydrogen-bond donors (Lipinski definition) is 1. The van der Waals surface area contributed by atoms with E-state index in [0.29, 0.717) is 7.48 Å². The summed E-state index contributed by atoms with van der Waals surface area (Å²) in [6.45, 7) is 19.4. The van der Waals surface area contributed by atoms with Gasteiger partial charge < -0.3 is 14.5 Å². The predicted octanol–water partition coefficient (Wildman–Crippen LogP) is 6.14. The summed E-state index contributed by atoms with van der Waals surface area (Å²) in [7, 11) is 0.484. The van der Waals surface area contributed by atoms with Crippen molar-refractivity contribution < 1.29 is 14.5 Å². The Kier molecular flexibility index (Phi) is 8.11. The Bertz CT molecular complexity index is 1050. The van der Waals surface area contributed by atoms with Crippen molar-refractivity contribution in [2.75, 3.05) is 6.61 Å². The molecule has 2 aromatic carbocycles. The SMILES string of the molecule is CCC1(/C=C/c2ccc(C(CC)(CC)c3ccc(BOC(C)(C)C(C)(C)O)c(C)c3)cc2C)CO1. The molecule has 35 heavy (non-hydrogen) atoms. The van der Waals surface area contributed by atoms with Crippen molar-refractivity contribution in [3.05, 3.63) is 70.3 Å². The second-order valence-corrected chi connectivity index (χ2v) is 11.4. The first kappa shape index (κ1) is 27.7. The molecule has 1 fully saturated rings. The number of aryl methyl sites for hydroxylation is 2. The third-order valence-corrected chi connectivity index (χ3v) is 8.67. The maximum absolute atomic E-state index is 10.4. The fourth-order valence-corrected chi connectivity index (χ4v) is 4.74. The van der Waals surface area contributed by atoms with Crippen LogP contribution in [0.2, 0.25) is 0 Å². The van der Waals surface area contributed by atoms with E-state index in [-0.39, 0.29) is 11.0 Å². The highest BCUT2D eigenvalue weighted by atomic mass is 16.6. The second kappa shape index (κ2) is 10.2. The topological polar surface area (TPSA) is 42.0 Å². The van der Waals surface area contributed by atoms with Gasteiger partial charge in [0.2, 0.25) is 0 Å². The standard InChI is InChI=1S/C31H45BO3/c1-10-30(21-34-30)18-17-24-13-14-25(19-22(24)4)31(11-2,12-3)26-15-16-27(23(5)20-26)32-35-29(8,9)28(6,7)33/h13-20,32-33H,10-12,21H2,1-9H3/b18-17+. The lowest BCUT2D eigenvalue weighted by atomic mass is 9.68. The zero-order valence-corrected chi connectivity index (χ0v) is 23.4. The van der Waals surface area contributed by atoms with Crippen LogP contribution < -0.4 is 5.46 Å². The lowest BCUT2D eigenvalue weighted by Crippen LogP contribution is -2.49. The van der Waals surface area contributed by atoms with Crippen LogP contribution in [0.25, 0.3) is 6.08 Å². The summed E-state index contributed by atoms with van der Waals surface area (Å²) in [5, 5.41) is 10.4. The molecule has 4 heteroatoms. The molecular formula is C31H45BO3. The maximum atomic E-state index is 10.4. The molecule has 1 unspecified atom stereocenters. The minimum absolute atomic E-state index is 0.0340. The summed E-state index contributed by atoms with van der Waals surface area (Å²) in [6.07, 6.45) is 7.54. The van der Waals surface area contributed by atoms with Crippen LogP contribution in [-0.4, -0.2) is 36.0 Å². The highest BCUT2D eigenvalue weighted by Crippen LogP contribution is 2.40. The second-order valence-electron chi connectivity index (χ2n) is 11.4. The molecule has 190 valence electrons. The molecule has 1 aliphatic rings. The van der Waals surface area contributed by atoms with Crippen molar-refractivity contribution in [2.24, 2.45) is 0 Å². The van der Waals surface area contributed by atoms with E-state index in [0.717, 1.165) is 31.3 Å². The van der Waals surface area contributed by atoms with Gasteiger partial charge >= 0.3 is 7.48 Å². The summed E-state index contributed by atoms with van der Waals surface area (Å²) in [6, 6.07) is 13.8. The van der Waals surface area contributed by atoms with Crippen molar-refractivity contribution in [1.82, 2.24) is 0 Å². The first-order chi connectivity index (χ1) is 16.3. The van der Waals surface area contributed by atoms with Gasteiger partial charge in [0.25, 0.3) is 0 Å². The van der Waals surface area contributed by atoms with Crippen LogP contribution in [0, 0.1) is 13.8 Å². The molecule has 3 rings (SSSR count). The van der Waals surface area contributed by atoms with Crippen LogP contribution in [0.15, 0.2) is 42.5 Å². The summed E-state index contributed by atoms with van der Waals surface area (Å²) < 4.78 is 11.8. The van der Waals surface area contributed by atoms with E-state index < -0.39 is 11.2 Å². The van der Waals surface area contributed by atoms with Gasteiger partial charge in [-0.2, -0.15) is 0 Å². The Labute approximate surface area is 214 Å². The summed E-state index contributed by atoms with van der Waals surface area (Å²) in [4.78, 5) is 0. The maximum Gasteiger partial charge on any atom is 0.309 e. The van der Waals surface area contributed by atoms with Crippen LogP contribution in [0.4, 0.5) is 0 Å². The van der Waals surface area contributed by atoms with Crippen LogP contribution in [0.1, 0.15) is 95.5 Å². The normalized spacial score (nSPS) is 18.8. The monoisotopic (exact) mass is 476 g/mol. The molecular weight excluding hydrogens is 431 g/mol. The van der Waals surface area contributed by atoms with Crippen LogP contribution in [0.3, 0.4) is 0 Å². The zero-order chi connectivity index (χ0) is 26.1. The lowest BCUT2D eigenvalue weighted by molar-refractivity contribution is -0.0893. The van der Waals surface area contributed by atoms with Crippen LogP contribution in [-0.2, 0) is 14.8 Å². The van der Waals surface area contributed by atoms with Gasteiger partial charge in [-0.15, -0.1) is 0 Å². The van der Waals surface area contributed by atoms with E-state index in [2.05, 4.69) is 83.2 Å². The summed E-state index contributed by atoms with van der Waals surface area (Å²) >= 11 is 0. The smallest absolute Gasteiger partial charge is 0.309 e. The number of benzene rings is 2. The van der Waals surface area contributed by atoms with Crippen molar-refractivity contribution in [3.8, 4) is 0 Å². The first-order valence-electron chi connectivity index (χ1n) is 13.2. The van der Waals surface area contributed by atoms with Crippen LogP contribution in [0.5, 0.6) is 0 Å². The van der Waals surface area contributed by atoms with Gasteiger partial charge in [0.05, 0.1) is 17.8 Å². The molecule has 0 spiro atoms. The zero-order valence-electron chi connectivity index (χ0n) is 23.4. The van der Waals surface area contributed by atoms with Gasteiger partial charge in [-0.3, -0.25) is 0 Å². The Morgan fingerprint density at radius 3 is 2.00 bits per heavy atom. The number of ether oxygens (including phenoxy) is 1. The van der Waals surface area contributed by atoms with Crippen molar-refractivity contribution in [3.63, 3.8) is 0 Å². The molecule has 2 aromatic rings. The molecule has 1 saturated heterocycles. The predicted molar refractivity (Wildman–Crippen MR) is 150 cm³/mol. The van der Waals surface area contributed by atoms with Gasteiger partial charge in [0.1, 0.15) is 5.60 Å². The number of rotatable bonds is 11. The highest BCUT2D eigenvalue weighted by molar-refractivity contribution is 6.47. The van der Waals surface area contributed by atoms with Gasteiger partial charge in [0, 0.05) is 5.41 Å². The fourth-order valence-electron chi connectivity index (χ4n) is 4.74. The summed E-state index contributed by atoms with van der Waals surface area (Å²) in [5.74, 6) is 0. The quantitative estimate of drug-likeness (QED) is 0.313. The van der Waals surface area contributed by atoms with Crippen LogP contribution >= 0.6 is 0 Å². The first-order valence-corrected chi connectivity index (χ1v) is 13.2. The highest BCUT2D eigenvalue weighted by Gasteiger charge is 2.40. The van der Waals surface area contributed by atoms with Crippen molar-refractivity contribution in [2.45, 2.75) is 104 Å². The van der Waals surface area contributed by atoms with E-state index in [1.54, 1.807) is 13.8 Å². The molecule has 0 saturated carbocycles. The Morgan fingerprint density at radius 1 is 0.971 bits per heavy atom. The minimum atomic E-state index is -0.914. The Balaban J connectivity index is 1.88. The molecule has 0 aromatic heterocycles. The van der Waals surface area contributed by atoms with Crippen molar-refractivity contribution in [1.29, 1.82) is 0 Å². The fraction of sp³-hybridized carbons (Fsp3) is 0.548. The third kappa shape index (κ3) is 5.76. The van der Waals surface area contributed by atoms with Crippen molar-refractivity contribution >= 4 is 19.0 Å². The molecule has 0 aliphatic carbocycles. The average molecular weight is 477 g/mol. The van der Waals surface area contributed by atoms with Gasteiger partial charge in [-0.05, 0) is 94.6 Å². The molecule has 0 radical (unpaired) electrons. The average Bonchev–Trinajstić information content (AvgIpc) is 3.59. The molecule has 0 bridgehead atoms.